The lowest BCUT2D eigenvalue weighted by atomic mass is 9.97. The summed E-state index contributed by atoms with van der Waals surface area (Å²) >= 11 is 2.02. The number of nitrogens with two attached hydrogens (primary N) is 1. The molecule has 1 aliphatic rings. The standard InChI is InChI=1S/C11H19N3S/c1-2-6-14-10(3-5-13-14)11(12)9-4-7-15-8-9/h3,5,9,11H,2,4,6-8,12H2,1H3. The highest BCUT2D eigenvalue weighted by atomic mass is 32.2. The highest BCUT2D eigenvalue weighted by Gasteiger charge is 2.25. The van der Waals surface area contributed by atoms with Crippen LogP contribution in [-0.4, -0.2) is 21.3 Å². The Bertz CT molecular complexity index is 305. The minimum absolute atomic E-state index is 0.175. The lowest BCUT2D eigenvalue weighted by Gasteiger charge is -2.19. The molecular weight excluding hydrogens is 206 g/mol. The van der Waals surface area contributed by atoms with Crippen molar-refractivity contribution < 1.29 is 0 Å². The van der Waals surface area contributed by atoms with Crippen molar-refractivity contribution in [3.05, 3.63) is 18.0 Å². The van der Waals surface area contributed by atoms with Crippen LogP contribution in [0.3, 0.4) is 0 Å². The van der Waals surface area contributed by atoms with Crippen molar-refractivity contribution in [2.45, 2.75) is 32.4 Å². The fraction of sp³-hybridized carbons (Fsp3) is 0.727. The van der Waals surface area contributed by atoms with Gasteiger partial charge in [0.25, 0.3) is 0 Å². The van der Waals surface area contributed by atoms with Gasteiger partial charge in [0, 0.05) is 12.7 Å². The smallest absolute Gasteiger partial charge is 0.0554 e. The molecule has 2 atom stereocenters. The van der Waals surface area contributed by atoms with Crippen molar-refractivity contribution >= 4 is 11.8 Å². The van der Waals surface area contributed by atoms with Gasteiger partial charge in [-0.2, -0.15) is 16.9 Å². The van der Waals surface area contributed by atoms with Gasteiger partial charge in [-0.15, -0.1) is 0 Å². The predicted octanol–water partition coefficient (Wildman–Crippen LogP) is 2.05. The first-order valence-corrected chi connectivity index (χ1v) is 6.83. The molecule has 1 saturated heterocycles. The summed E-state index contributed by atoms with van der Waals surface area (Å²) in [5, 5.41) is 4.33. The topological polar surface area (TPSA) is 43.8 Å². The highest BCUT2D eigenvalue weighted by molar-refractivity contribution is 7.99. The third-order valence-corrected chi connectivity index (χ3v) is 4.19. The zero-order valence-corrected chi connectivity index (χ0v) is 10.0. The average molecular weight is 225 g/mol. The second-order valence-corrected chi connectivity index (χ2v) is 5.28. The van der Waals surface area contributed by atoms with Gasteiger partial charge in [-0.25, -0.2) is 0 Å². The molecule has 0 aliphatic carbocycles. The molecule has 0 saturated carbocycles. The Morgan fingerprint density at radius 1 is 1.73 bits per heavy atom. The molecule has 0 bridgehead atoms. The van der Waals surface area contributed by atoms with E-state index in [1.807, 2.05) is 18.0 Å². The van der Waals surface area contributed by atoms with Crippen LogP contribution in [0.25, 0.3) is 0 Å². The number of aryl methyl sites for hydroxylation is 1. The van der Waals surface area contributed by atoms with Crippen LogP contribution in [0.5, 0.6) is 0 Å². The first kappa shape index (κ1) is 11.0. The Morgan fingerprint density at radius 3 is 3.27 bits per heavy atom. The van der Waals surface area contributed by atoms with Gasteiger partial charge in [-0.3, -0.25) is 4.68 Å². The minimum atomic E-state index is 0.175. The van der Waals surface area contributed by atoms with Crippen LogP contribution in [-0.2, 0) is 6.54 Å². The summed E-state index contributed by atoms with van der Waals surface area (Å²) in [4.78, 5) is 0. The number of hydrogen-bond donors (Lipinski definition) is 1. The van der Waals surface area contributed by atoms with Crippen molar-refractivity contribution in [3.63, 3.8) is 0 Å². The molecule has 2 unspecified atom stereocenters. The highest BCUT2D eigenvalue weighted by Crippen LogP contribution is 2.32. The molecule has 4 heteroatoms. The average Bonchev–Trinajstić information content (AvgIpc) is 2.87. The number of hydrogen-bond acceptors (Lipinski definition) is 3. The van der Waals surface area contributed by atoms with Crippen LogP contribution in [0.2, 0.25) is 0 Å². The Hall–Kier alpha value is -0.480. The van der Waals surface area contributed by atoms with Gasteiger partial charge < -0.3 is 5.73 Å². The SMILES string of the molecule is CCCn1nccc1C(N)C1CCSC1. The van der Waals surface area contributed by atoms with E-state index < -0.39 is 0 Å². The van der Waals surface area contributed by atoms with E-state index in [4.69, 9.17) is 5.73 Å². The van der Waals surface area contributed by atoms with Gasteiger partial charge >= 0.3 is 0 Å². The molecule has 84 valence electrons. The van der Waals surface area contributed by atoms with E-state index in [0.717, 1.165) is 13.0 Å². The Kier molecular flexibility index (Phi) is 3.70. The van der Waals surface area contributed by atoms with E-state index in [2.05, 4.69) is 22.8 Å². The lowest BCUT2D eigenvalue weighted by molar-refractivity contribution is 0.438. The van der Waals surface area contributed by atoms with Gasteiger partial charge in [0.05, 0.1) is 11.7 Å². The predicted molar refractivity (Wildman–Crippen MR) is 64.9 cm³/mol. The van der Waals surface area contributed by atoms with Crippen molar-refractivity contribution in [1.29, 1.82) is 0 Å². The molecule has 0 aromatic carbocycles. The third-order valence-electron chi connectivity index (χ3n) is 3.00. The molecule has 15 heavy (non-hydrogen) atoms. The fourth-order valence-corrected chi connectivity index (χ4v) is 3.42. The van der Waals surface area contributed by atoms with Crippen LogP contribution in [0.15, 0.2) is 12.3 Å². The molecule has 1 aliphatic heterocycles. The monoisotopic (exact) mass is 225 g/mol. The second kappa shape index (κ2) is 5.03. The number of thioether (sulfide) groups is 1. The molecule has 1 aromatic heterocycles. The van der Waals surface area contributed by atoms with E-state index >= 15 is 0 Å². The molecule has 0 spiro atoms. The number of aromatic nitrogens is 2. The van der Waals surface area contributed by atoms with Crippen molar-refractivity contribution in [2.24, 2.45) is 11.7 Å². The number of rotatable bonds is 4. The number of nitrogens with zero attached hydrogens (tertiary/aromatic N) is 2. The van der Waals surface area contributed by atoms with E-state index in [1.165, 1.54) is 23.6 Å². The van der Waals surface area contributed by atoms with Crippen molar-refractivity contribution in [2.75, 3.05) is 11.5 Å². The first-order valence-electron chi connectivity index (χ1n) is 5.68. The first-order chi connectivity index (χ1) is 7.33. The molecule has 3 nitrogen and oxygen atoms in total. The maximum absolute atomic E-state index is 6.30. The fourth-order valence-electron chi connectivity index (χ4n) is 2.10. The van der Waals surface area contributed by atoms with Gasteiger partial charge in [0.2, 0.25) is 0 Å². The van der Waals surface area contributed by atoms with Gasteiger partial charge in [0.1, 0.15) is 0 Å². The van der Waals surface area contributed by atoms with Crippen molar-refractivity contribution in [1.82, 2.24) is 9.78 Å². The maximum Gasteiger partial charge on any atom is 0.0554 e. The summed E-state index contributed by atoms with van der Waals surface area (Å²) in [7, 11) is 0. The Balaban J connectivity index is 2.09. The summed E-state index contributed by atoms with van der Waals surface area (Å²) in [6.45, 7) is 3.15. The van der Waals surface area contributed by atoms with E-state index in [9.17, 15) is 0 Å². The Labute approximate surface area is 95.4 Å². The summed E-state index contributed by atoms with van der Waals surface area (Å²) in [5.74, 6) is 3.11. The second-order valence-electron chi connectivity index (χ2n) is 4.13. The van der Waals surface area contributed by atoms with Crippen molar-refractivity contribution in [3.8, 4) is 0 Å². The summed E-state index contributed by atoms with van der Waals surface area (Å²) in [5.41, 5.74) is 7.51. The normalized spacial score (nSPS) is 23.2. The van der Waals surface area contributed by atoms with Crippen LogP contribution in [0.4, 0.5) is 0 Å². The summed E-state index contributed by atoms with van der Waals surface area (Å²) in [6.07, 6.45) is 4.23. The maximum atomic E-state index is 6.30. The molecule has 1 fully saturated rings. The van der Waals surface area contributed by atoms with E-state index in [0.29, 0.717) is 5.92 Å². The van der Waals surface area contributed by atoms with Crippen LogP contribution in [0.1, 0.15) is 31.5 Å². The van der Waals surface area contributed by atoms with Gasteiger partial charge in [-0.05, 0) is 36.3 Å². The lowest BCUT2D eigenvalue weighted by Crippen LogP contribution is -2.24. The zero-order valence-electron chi connectivity index (χ0n) is 9.22. The van der Waals surface area contributed by atoms with Crippen LogP contribution < -0.4 is 5.73 Å². The Morgan fingerprint density at radius 2 is 2.60 bits per heavy atom. The third kappa shape index (κ3) is 2.37. The molecular formula is C11H19N3S. The summed E-state index contributed by atoms with van der Waals surface area (Å²) in [6, 6.07) is 2.25. The van der Waals surface area contributed by atoms with E-state index in [-0.39, 0.29) is 6.04 Å². The summed E-state index contributed by atoms with van der Waals surface area (Å²) < 4.78 is 2.06. The van der Waals surface area contributed by atoms with E-state index in [1.54, 1.807) is 0 Å². The molecule has 2 rings (SSSR count). The largest absolute Gasteiger partial charge is 0.322 e. The van der Waals surface area contributed by atoms with Crippen LogP contribution in [0, 0.1) is 5.92 Å². The molecule has 0 radical (unpaired) electrons. The van der Waals surface area contributed by atoms with Gasteiger partial charge in [0.15, 0.2) is 0 Å². The molecule has 2 heterocycles. The molecule has 2 N–H and O–H groups in total. The van der Waals surface area contributed by atoms with Gasteiger partial charge in [-0.1, -0.05) is 6.92 Å². The zero-order chi connectivity index (χ0) is 10.7. The molecule has 0 amide bonds. The minimum Gasteiger partial charge on any atom is -0.322 e. The molecule has 1 aromatic rings. The quantitative estimate of drug-likeness (QED) is 0.853. The van der Waals surface area contributed by atoms with Crippen LogP contribution >= 0.6 is 11.8 Å².